The van der Waals surface area contributed by atoms with Crippen LogP contribution in [-0.4, -0.2) is 28.2 Å². The summed E-state index contributed by atoms with van der Waals surface area (Å²) in [5.41, 5.74) is 3.36. The van der Waals surface area contributed by atoms with E-state index in [9.17, 15) is 0 Å². The van der Waals surface area contributed by atoms with Crippen LogP contribution in [0.5, 0.6) is 17.2 Å². The van der Waals surface area contributed by atoms with Gasteiger partial charge >= 0.3 is 0 Å². The number of benzene rings is 2. The van der Waals surface area contributed by atoms with Crippen LogP contribution < -0.4 is 14.2 Å². The van der Waals surface area contributed by atoms with Crippen LogP contribution in [0.2, 0.25) is 0 Å². The van der Waals surface area contributed by atoms with Gasteiger partial charge in [-0.15, -0.1) is 10.2 Å². The van der Waals surface area contributed by atoms with Gasteiger partial charge in [0.1, 0.15) is 17.9 Å². The van der Waals surface area contributed by atoms with E-state index in [1.807, 2.05) is 35.8 Å². The number of hydrogen-bond donors (Lipinski definition) is 0. The molecule has 1 unspecified atom stereocenters. The number of fused-ring (bicyclic) bond motifs is 4. The van der Waals surface area contributed by atoms with Gasteiger partial charge < -0.3 is 14.2 Å². The van der Waals surface area contributed by atoms with Crippen molar-refractivity contribution in [3.63, 3.8) is 0 Å². The third-order valence-electron chi connectivity index (χ3n) is 4.76. The number of hydrogen-bond acceptors (Lipinski definition) is 5. The van der Waals surface area contributed by atoms with Gasteiger partial charge in [-0.2, -0.15) is 0 Å². The number of nitrogens with zero attached hydrogens (tertiary/aromatic N) is 3. The van der Waals surface area contributed by atoms with E-state index >= 15 is 0 Å². The molecule has 0 N–H and O–H groups in total. The van der Waals surface area contributed by atoms with E-state index in [4.69, 9.17) is 14.2 Å². The monoisotopic (exact) mass is 335 g/mol. The summed E-state index contributed by atoms with van der Waals surface area (Å²) in [6.45, 7) is 2.89. The van der Waals surface area contributed by atoms with Crippen LogP contribution in [0.4, 0.5) is 0 Å². The maximum absolute atomic E-state index is 5.87. The first-order chi connectivity index (χ1) is 12.3. The molecule has 0 spiro atoms. The Morgan fingerprint density at radius 2 is 2.00 bits per heavy atom. The Morgan fingerprint density at radius 1 is 1.16 bits per heavy atom. The molecule has 1 atom stereocenters. The topological polar surface area (TPSA) is 58.4 Å². The maximum Gasteiger partial charge on any atom is 0.231 e. The van der Waals surface area contributed by atoms with Crippen LogP contribution in [0.15, 0.2) is 42.7 Å². The molecule has 0 saturated carbocycles. The first-order valence-electron chi connectivity index (χ1n) is 8.39. The Bertz CT molecular complexity index is 951. The van der Waals surface area contributed by atoms with Gasteiger partial charge in [0, 0.05) is 24.0 Å². The lowest BCUT2D eigenvalue weighted by atomic mass is 9.84. The number of para-hydroxylation sites is 1. The Labute approximate surface area is 145 Å². The summed E-state index contributed by atoms with van der Waals surface area (Å²) in [6.07, 6.45) is 2.51. The second-order valence-electron chi connectivity index (χ2n) is 6.11. The van der Waals surface area contributed by atoms with E-state index in [0.717, 1.165) is 40.7 Å². The van der Waals surface area contributed by atoms with Crippen molar-refractivity contribution in [2.75, 3.05) is 13.4 Å². The van der Waals surface area contributed by atoms with Crippen LogP contribution in [0, 0.1) is 0 Å². The van der Waals surface area contributed by atoms with Gasteiger partial charge in [-0.05, 0) is 24.6 Å². The molecule has 2 aliphatic heterocycles. The molecule has 1 aromatic heterocycles. The first kappa shape index (κ1) is 14.3. The van der Waals surface area contributed by atoms with Crippen molar-refractivity contribution in [1.82, 2.24) is 14.8 Å². The van der Waals surface area contributed by atoms with Crippen molar-refractivity contribution < 1.29 is 14.2 Å². The summed E-state index contributed by atoms with van der Waals surface area (Å²) in [5, 5.41) is 8.39. The zero-order chi connectivity index (χ0) is 16.8. The number of rotatable bonds is 3. The molecule has 0 saturated heterocycles. The third kappa shape index (κ3) is 2.17. The van der Waals surface area contributed by atoms with Gasteiger partial charge in [0.05, 0.1) is 12.3 Å². The Kier molecular flexibility index (Phi) is 3.16. The predicted octanol–water partition coefficient (Wildman–Crippen LogP) is 3.08. The standard InChI is InChI=1S/C19H17N3O3/c1-2-23-16-6-4-3-5-12(16)13-8-19-21-20-10-22(19)15-9-18-17(7-14(13)15)24-11-25-18/h3-7,9-10,13H,2,8,11H2,1H3. The van der Waals surface area contributed by atoms with Crippen LogP contribution in [0.3, 0.4) is 0 Å². The lowest BCUT2D eigenvalue weighted by Gasteiger charge is -2.28. The fourth-order valence-electron chi connectivity index (χ4n) is 3.66. The Morgan fingerprint density at radius 3 is 2.88 bits per heavy atom. The minimum atomic E-state index is 0.129. The van der Waals surface area contributed by atoms with Gasteiger partial charge in [-0.1, -0.05) is 18.2 Å². The minimum Gasteiger partial charge on any atom is -0.494 e. The van der Waals surface area contributed by atoms with E-state index in [-0.39, 0.29) is 12.7 Å². The number of ether oxygens (including phenoxy) is 3. The van der Waals surface area contributed by atoms with Gasteiger partial charge in [0.25, 0.3) is 0 Å². The van der Waals surface area contributed by atoms with Gasteiger partial charge in [-0.3, -0.25) is 4.57 Å². The van der Waals surface area contributed by atoms with Gasteiger partial charge in [0.2, 0.25) is 6.79 Å². The Balaban J connectivity index is 1.71. The second kappa shape index (κ2) is 5.51. The summed E-state index contributed by atoms with van der Waals surface area (Å²) in [5.74, 6) is 3.52. The molecule has 25 heavy (non-hydrogen) atoms. The molecule has 6 heteroatoms. The summed E-state index contributed by atoms with van der Waals surface area (Å²) < 4.78 is 19.1. The molecular weight excluding hydrogens is 318 g/mol. The van der Waals surface area contributed by atoms with Crippen molar-refractivity contribution in [3.8, 4) is 22.9 Å². The highest BCUT2D eigenvalue weighted by Gasteiger charge is 2.31. The SMILES string of the molecule is CCOc1ccccc1C1Cc2nncn2-c2cc3c(cc21)OCO3. The van der Waals surface area contributed by atoms with Gasteiger partial charge in [-0.25, -0.2) is 0 Å². The average Bonchev–Trinajstić information content (AvgIpc) is 3.29. The summed E-state index contributed by atoms with van der Waals surface area (Å²) in [4.78, 5) is 0. The van der Waals surface area contributed by atoms with Crippen LogP contribution in [0.25, 0.3) is 5.69 Å². The summed E-state index contributed by atoms with van der Waals surface area (Å²) >= 11 is 0. The Hall–Kier alpha value is -3.02. The van der Waals surface area contributed by atoms with E-state index < -0.39 is 0 Å². The minimum absolute atomic E-state index is 0.129. The van der Waals surface area contributed by atoms with Crippen molar-refractivity contribution in [3.05, 3.63) is 59.7 Å². The fraction of sp³-hybridized carbons (Fsp3) is 0.263. The van der Waals surface area contributed by atoms with Crippen LogP contribution in [-0.2, 0) is 6.42 Å². The molecule has 0 radical (unpaired) electrons. The smallest absolute Gasteiger partial charge is 0.231 e. The second-order valence-corrected chi connectivity index (χ2v) is 6.11. The zero-order valence-corrected chi connectivity index (χ0v) is 13.8. The molecule has 2 aromatic carbocycles. The van der Waals surface area contributed by atoms with Gasteiger partial charge in [0.15, 0.2) is 11.5 Å². The molecule has 2 aliphatic rings. The van der Waals surface area contributed by atoms with E-state index in [1.54, 1.807) is 6.33 Å². The van der Waals surface area contributed by atoms with E-state index in [2.05, 4.69) is 22.3 Å². The van der Waals surface area contributed by atoms with E-state index in [1.165, 1.54) is 5.56 Å². The third-order valence-corrected chi connectivity index (χ3v) is 4.76. The molecule has 126 valence electrons. The first-order valence-corrected chi connectivity index (χ1v) is 8.39. The van der Waals surface area contributed by atoms with Crippen LogP contribution >= 0.6 is 0 Å². The molecular formula is C19H17N3O3. The molecule has 0 amide bonds. The highest BCUT2D eigenvalue weighted by molar-refractivity contribution is 5.61. The van der Waals surface area contributed by atoms with Crippen molar-refractivity contribution in [2.24, 2.45) is 0 Å². The maximum atomic E-state index is 5.87. The number of aromatic nitrogens is 3. The van der Waals surface area contributed by atoms with Crippen molar-refractivity contribution in [1.29, 1.82) is 0 Å². The van der Waals surface area contributed by atoms with Crippen molar-refractivity contribution in [2.45, 2.75) is 19.3 Å². The molecule has 5 rings (SSSR count). The van der Waals surface area contributed by atoms with Crippen LogP contribution in [0.1, 0.15) is 29.8 Å². The summed E-state index contributed by atoms with van der Waals surface area (Å²) in [6, 6.07) is 12.3. The zero-order valence-electron chi connectivity index (χ0n) is 13.8. The summed E-state index contributed by atoms with van der Waals surface area (Å²) in [7, 11) is 0. The molecule has 6 nitrogen and oxygen atoms in total. The van der Waals surface area contributed by atoms with Crippen molar-refractivity contribution >= 4 is 0 Å². The molecule has 3 aromatic rings. The largest absolute Gasteiger partial charge is 0.494 e. The normalized spacial score (nSPS) is 17.1. The quantitative estimate of drug-likeness (QED) is 0.736. The predicted molar refractivity (Wildman–Crippen MR) is 90.6 cm³/mol. The van der Waals surface area contributed by atoms with E-state index in [0.29, 0.717) is 6.61 Å². The molecule has 0 fully saturated rings. The highest BCUT2D eigenvalue weighted by atomic mass is 16.7. The lowest BCUT2D eigenvalue weighted by molar-refractivity contribution is 0.174. The molecule has 3 heterocycles. The highest BCUT2D eigenvalue weighted by Crippen LogP contribution is 2.45. The fourth-order valence-corrected chi connectivity index (χ4v) is 3.66. The lowest BCUT2D eigenvalue weighted by Crippen LogP contribution is -2.19. The molecule has 0 bridgehead atoms. The average molecular weight is 335 g/mol. The molecule has 0 aliphatic carbocycles.